The van der Waals surface area contributed by atoms with Crippen molar-refractivity contribution in [1.82, 2.24) is 14.7 Å². The predicted octanol–water partition coefficient (Wildman–Crippen LogP) is 1.96. The molecule has 0 amide bonds. The average Bonchev–Trinajstić information content (AvgIpc) is 2.76. The average molecular weight is 464 g/mol. The zero-order valence-electron chi connectivity index (χ0n) is 19.8. The van der Waals surface area contributed by atoms with Gasteiger partial charge in [-0.25, -0.2) is 4.79 Å². The molecule has 0 heterocycles. The van der Waals surface area contributed by atoms with E-state index in [1.807, 2.05) is 30.8 Å². The second kappa shape index (κ2) is 12.7. The highest BCUT2D eigenvalue weighted by atomic mass is 16.4. The number of rotatable bonds is 13. The second-order valence-electron chi connectivity index (χ2n) is 9.02. The summed E-state index contributed by atoms with van der Waals surface area (Å²) in [5, 5.41) is 28.3. The number of hydrogen-bond acceptors (Lipinski definition) is 6. The first-order valence-electron chi connectivity index (χ1n) is 11.5. The van der Waals surface area contributed by atoms with Gasteiger partial charge in [-0.2, -0.15) is 0 Å². The minimum absolute atomic E-state index is 0.0743. The smallest absolute Gasteiger partial charge is 0.335 e. The number of carbonyl (C=O) groups is 3. The number of carboxylic acids is 3. The Morgan fingerprint density at radius 1 is 0.939 bits per heavy atom. The molecule has 1 aromatic carbocycles. The van der Waals surface area contributed by atoms with Crippen molar-refractivity contribution < 1.29 is 29.7 Å². The van der Waals surface area contributed by atoms with Crippen LogP contribution in [0.1, 0.15) is 48.5 Å². The minimum Gasteiger partial charge on any atom is -0.480 e. The first-order valence-corrected chi connectivity index (χ1v) is 11.5. The van der Waals surface area contributed by atoms with Crippen molar-refractivity contribution in [2.45, 2.75) is 57.2 Å². The Balaban J connectivity index is 2.33. The van der Waals surface area contributed by atoms with Crippen molar-refractivity contribution in [2.24, 2.45) is 0 Å². The van der Waals surface area contributed by atoms with E-state index in [9.17, 15) is 24.6 Å². The van der Waals surface area contributed by atoms with Crippen molar-refractivity contribution in [3.63, 3.8) is 0 Å². The quantitative estimate of drug-likeness (QED) is 0.403. The Morgan fingerprint density at radius 3 is 2.00 bits per heavy atom. The molecule has 0 aliphatic heterocycles. The molecule has 0 aromatic heterocycles. The third-order valence-corrected chi connectivity index (χ3v) is 6.54. The molecule has 9 heteroatoms. The second-order valence-corrected chi connectivity index (χ2v) is 9.02. The molecule has 3 atom stereocenters. The lowest BCUT2D eigenvalue weighted by molar-refractivity contribution is -0.141. The van der Waals surface area contributed by atoms with Gasteiger partial charge in [0.05, 0.1) is 18.7 Å². The fraction of sp³-hybridized carbons (Fsp3) is 0.625. The highest BCUT2D eigenvalue weighted by Crippen LogP contribution is 2.27. The van der Waals surface area contributed by atoms with Crippen molar-refractivity contribution in [3.8, 4) is 0 Å². The topological polar surface area (TPSA) is 122 Å². The lowest BCUT2D eigenvalue weighted by atomic mass is 9.87. The maximum absolute atomic E-state index is 11.8. The summed E-state index contributed by atoms with van der Waals surface area (Å²) in [5.74, 6) is -2.83. The number of hydrogen-bond donors (Lipinski definition) is 3. The molecule has 184 valence electrons. The summed E-state index contributed by atoms with van der Waals surface area (Å²) in [7, 11) is 4.04. The summed E-state index contributed by atoms with van der Waals surface area (Å²) in [6.07, 6.45) is 4.55. The van der Waals surface area contributed by atoms with E-state index in [4.69, 9.17) is 5.11 Å². The summed E-state index contributed by atoms with van der Waals surface area (Å²) in [6.45, 7) is 2.58. The molecule has 0 bridgehead atoms. The van der Waals surface area contributed by atoms with Gasteiger partial charge in [-0.05, 0) is 57.6 Å². The van der Waals surface area contributed by atoms with Gasteiger partial charge in [-0.15, -0.1) is 0 Å². The summed E-state index contributed by atoms with van der Waals surface area (Å²) < 4.78 is 0. The molecular weight excluding hydrogens is 426 g/mol. The monoisotopic (exact) mass is 463 g/mol. The fourth-order valence-electron chi connectivity index (χ4n) is 4.92. The summed E-state index contributed by atoms with van der Waals surface area (Å²) in [4.78, 5) is 40.5. The van der Waals surface area contributed by atoms with Crippen LogP contribution >= 0.6 is 0 Å². The molecule has 33 heavy (non-hydrogen) atoms. The molecular formula is C24H37N3O6. The van der Waals surface area contributed by atoms with E-state index in [1.54, 1.807) is 24.3 Å². The van der Waals surface area contributed by atoms with Crippen molar-refractivity contribution >= 4 is 17.9 Å². The molecule has 1 aliphatic carbocycles. The number of aromatic carboxylic acids is 1. The van der Waals surface area contributed by atoms with Gasteiger partial charge < -0.3 is 20.2 Å². The lowest BCUT2D eigenvalue weighted by Gasteiger charge is -2.44. The van der Waals surface area contributed by atoms with Crippen LogP contribution in [0.15, 0.2) is 24.3 Å². The van der Waals surface area contributed by atoms with Crippen LogP contribution in [0.3, 0.4) is 0 Å². The van der Waals surface area contributed by atoms with Gasteiger partial charge in [0.15, 0.2) is 0 Å². The van der Waals surface area contributed by atoms with E-state index in [-0.39, 0.29) is 36.8 Å². The number of benzene rings is 1. The largest absolute Gasteiger partial charge is 0.480 e. The van der Waals surface area contributed by atoms with Gasteiger partial charge in [-0.3, -0.25) is 19.4 Å². The van der Waals surface area contributed by atoms with Crippen LogP contribution in [0.4, 0.5) is 0 Å². The van der Waals surface area contributed by atoms with Gasteiger partial charge in [-0.1, -0.05) is 31.9 Å². The van der Waals surface area contributed by atoms with E-state index in [0.29, 0.717) is 19.5 Å². The molecule has 1 aromatic rings. The number of nitrogens with zero attached hydrogens (tertiary/aromatic N) is 3. The van der Waals surface area contributed by atoms with Crippen LogP contribution in [0.5, 0.6) is 0 Å². The SMILES string of the molecule is CCN(CC(=O)O)C(Cc1ccc(C(=O)O)cc1)CN(CC(=O)O)C1CCCCC1N(C)C. The lowest BCUT2D eigenvalue weighted by Crippen LogP contribution is -2.57. The molecule has 9 nitrogen and oxygen atoms in total. The Bertz CT molecular complexity index is 798. The van der Waals surface area contributed by atoms with Crippen LogP contribution in [-0.2, 0) is 16.0 Å². The molecule has 3 unspecified atom stereocenters. The Hall–Kier alpha value is -2.49. The van der Waals surface area contributed by atoms with Gasteiger partial charge in [0.2, 0.25) is 0 Å². The molecule has 1 saturated carbocycles. The Morgan fingerprint density at radius 2 is 1.52 bits per heavy atom. The van der Waals surface area contributed by atoms with Crippen molar-refractivity contribution in [2.75, 3.05) is 40.3 Å². The van der Waals surface area contributed by atoms with E-state index in [2.05, 4.69) is 4.90 Å². The number of likely N-dealkylation sites (N-methyl/N-ethyl adjacent to an activating group) is 2. The van der Waals surface area contributed by atoms with Crippen molar-refractivity contribution in [3.05, 3.63) is 35.4 Å². The van der Waals surface area contributed by atoms with Crippen LogP contribution in [-0.4, -0.2) is 106 Å². The molecule has 2 rings (SSSR count). The maximum Gasteiger partial charge on any atom is 0.335 e. The number of aliphatic carboxylic acids is 2. The maximum atomic E-state index is 11.8. The normalized spacial score (nSPS) is 19.7. The zero-order valence-corrected chi connectivity index (χ0v) is 19.8. The predicted molar refractivity (Wildman–Crippen MR) is 125 cm³/mol. The summed E-state index contributed by atoms with van der Waals surface area (Å²) >= 11 is 0. The molecule has 0 spiro atoms. The van der Waals surface area contributed by atoms with E-state index < -0.39 is 17.9 Å². The van der Waals surface area contributed by atoms with Gasteiger partial charge >= 0.3 is 17.9 Å². The molecule has 3 N–H and O–H groups in total. The van der Waals surface area contributed by atoms with Gasteiger partial charge in [0.1, 0.15) is 0 Å². The van der Waals surface area contributed by atoms with Crippen LogP contribution < -0.4 is 0 Å². The molecule has 0 radical (unpaired) electrons. The summed E-state index contributed by atoms with van der Waals surface area (Å²) in [6, 6.07) is 6.66. The first-order chi connectivity index (χ1) is 15.6. The van der Waals surface area contributed by atoms with Gasteiger partial charge in [0.25, 0.3) is 0 Å². The summed E-state index contributed by atoms with van der Waals surface area (Å²) in [5.41, 5.74) is 1.08. The van der Waals surface area contributed by atoms with E-state index in [0.717, 1.165) is 31.2 Å². The standard InChI is InChI=1S/C24H37N3O6/c1-4-26(15-22(28)29)19(13-17-9-11-18(12-10-17)24(32)33)14-27(16-23(30)31)21-8-6-5-7-20(21)25(2)3/h9-12,19-21H,4-8,13-16H2,1-3H3,(H,28,29)(H,30,31)(H,32,33). The Kier molecular flexibility index (Phi) is 10.3. The Labute approximate surface area is 195 Å². The highest BCUT2D eigenvalue weighted by molar-refractivity contribution is 5.87. The van der Waals surface area contributed by atoms with Gasteiger partial charge in [0, 0.05) is 24.7 Å². The third-order valence-electron chi connectivity index (χ3n) is 6.54. The molecule has 0 saturated heterocycles. The minimum atomic E-state index is -1.00. The van der Waals surface area contributed by atoms with Crippen LogP contribution in [0, 0.1) is 0 Å². The van der Waals surface area contributed by atoms with Crippen LogP contribution in [0.2, 0.25) is 0 Å². The van der Waals surface area contributed by atoms with Crippen LogP contribution in [0.25, 0.3) is 0 Å². The molecule has 1 aliphatic rings. The van der Waals surface area contributed by atoms with E-state index >= 15 is 0 Å². The molecule has 1 fully saturated rings. The number of carboxylic acid groups (broad SMARTS) is 3. The first kappa shape index (κ1) is 26.8. The van der Waals surface area contributed by atoms with Crippen molar-refractivity contribution in [1.29, 1.82) is 0 Å². The fourth-order valence-corrected chi connectivity index (χ4v) is 4.92. The van der Waals surface area contributed by atoms with E-state index in [1.165, 1.54) is 0 Å². The third kappa shape index (κ3) is 8.10. The zero-order chi connectivity index (χ0) is 24.5. The highest BCUT2D eigenvalue weighted by Gasteiger charge is 2.34.